The lowest BCUT2D eigenvalue weighted by molar-refractivity contribution is -0.118. The van der Waals surface area contributed by atoms with Gasteiger partial charge in [0.1, 0.15) is 17.3 Å². The van der Waals surface area contributed by atoms with E-state index in [0.29, 0.717) is 11.6 Å². The van der Waals surface area contributed by atoms with Crippen LogP contribution in [-0.4, -0.2) is 29.4 Å². The first-order valence-corrected chi connectivity index (χ1v) is 7.24. The largest absolute Gasteiger partial charge is 0.497 e. The van der Waals surface area contributed by atoms with Crippen LogP contribution in [0.2, 0.25) is 0 Å². The molecule has 1 N–H and O–H groups in total. The molecular formula is C16H21N3O3. The molecule has 0 saturated heterocycles. The van der Waals surface area contributed by atoms with Gasteiger partial charge in [-0.25, -0.2) is 4.68 Å². The average molecular weight is 303 g/mol. The van der Waals surface area contributed by atoms with E-state index in [0.717, 1.165) is 12.2 Å². The third kappa shape index (κ3) is 4.00. The Hall–Kier alpha value is -2.50. The lowest BCUT2D eigenvalue weighted by Gasteiger charge is -2.14. The normalized spacial score (nSPS) is 11.8. The van der Waals surface area contributed by atoms with Gasteiger partial charge in [-0.1, -0.05) is 6.92 Å². The quantitative estimate of drug-likeness (QED) is 0.854. The third-order valence-corrected chi connectivity index (χ3v) is 3.38. The summed E-state index contributed by atoms with van der Waals surface area (Å²) in [5, 5.41) is 7.04. The molecule has 1 atom stereocenters. The number of carbonyl (C=O) groups excluding carboxylic acids is 1. The van der Waals surface area contributed by atoms with Crippen molar-refractivity contribution in [1.29, 1.82) is 0 Å². The molecule has 22 heavy (non-hydrogen) atoms. The van der Waals surface area contributed by atoms with Gasteiger partial charge in [0.25, 0.3) is 5.91 Å². The van der Waals surface area contributed by atoms with Crippen molar-refractivity contribution in [2.75, 3.05) is 19.0 Å². The maximum Gasteiger partial charge on any atom is 0.263 e. The molecule has 6 heteroatoms. The fourth-order valence-corrected chi connectivity index (χ4v) is 1.94. The maximum atomic E-state index is 12.0. The fraction of sp³-hybridized carbons (Fsp3) is 0.375. The molecule has 118 valence electrons. The summed E-state index contributed by atoms with van der Waals surface area (Å²) in [6.07, 6.45) is 2.61. The topological polar surface area (TPSA) is 65.4 Å². The molecule has 0 saturated carbocycles. The van der Waals surface area contributed by atoms with Gasteiger partial charge in [0.2, 0.25) is 0 Å². The standard InChI is InChI=1S/C16H21N3O3/c1-4-12(2)19-15(9-10-17-19)18-16(20)11-22-14-7-5-13(21-3)6-8-14/h5-10,12H,4,11H2,1-3H3,(H,18,20). The van der Waals surface area contributed by atoms with Gasteiger partial charge in [-0.2, -0.15) is 5.10 Å². The van der Waals surface area contributed by atoms with Crippen LogP contribution in [-0.2, 0) is 4.79 Å². The Bertz CT molecular complexity index is 607. The number of nitrogens with zero attached hydrogens (tertiary/aromatic N) is 2. The van der Waals surface area contributed by atoms with E-state index in [-0.39, 0.29) is 18.6 Å². The first-order chi connectivity index (χ1) is 10.6. The summed E-state index contributed by atoms with van der Waals surface area (Å²) in [5.74, 6) is 1.82. The zero-order valence-corrected chi connectivity index (χ0v) is 13.1. The molecule has 2 rings (SSSR count). The molecule has 0 spiro atoms. The zero-order valence-electron chi connectivity index (χ0n) is 13.1. The summed E-state index contributed by atoms with van der Waals surface area (Å²) < 4.78 is 12.3. The van der Waals surface area contributed by atoms with Crippen LogP contribution in [0.1, 0.15) is 26.3 Å². The minimum Gasteiger partial charge on any atom is -0.497 e. The van der Waals surface area contributed by atoms with Crippen molar-refractivity contribution in [2.45, 2.75) is 26.3 Å². The van der Waals surface area contributed by atoms with E-state index in [9.17, 15) is 4.79 Å². The monoisotopic (exact) mass is 303 g/mol. The van der Waals surface area contributed by atoms with Crippen LogP contribution >= 0.6 is 0 Å². The van der Waals surface area contributed by atoms with Gasteiger partial charge in [-0.3, -0.25) is 4.79 Å². The Morgan fingerprint density at radius 2 is 1.95 bits per heavy atom. The van der Waals surface area contributed by atoms with Crippen LogP contribution < -0.4 is 14.8 Å². The highest BCUT2D eigenvalue weighted by Gasteiger charge is 2.11. The highest BCUT2D eigenvalue weighted by Crippen LogP contribution is 2.18. The number of rotatable bonds is 7. The van der Waals surface area contributed by atoms with Gasteiger partial charge in [-0.15, -0.1) is 0 Å². The first kappa shape index (κ1) is 15.9. The summed E-state index contributed by atoms with van der Waals surface area (Å²) >= 11 is 0. The molecule has 1 aromatic carbocycles. The van der Waals surface area contributed by atoms with Gasteiger partial charge >= 0.3 is 0 Å². The van der Waals surface area contributed by atoms with Crippen LogP contribution in [0, 0.1) is 0 Å². The highest BCUT2D eigenvalue weighted by atomic mass is 16.5. The molecule has 1 heterocycles. The SMILES string of the molecule is CCC(C)n1nccc1NC(=O)COc1ccc(OC)cc1. The minimum atomic E-state index is -0.221. The molecule has 1 aromatic heterocycles. The van der Waals surface area contributed by atoms with E-state index in [2.05, 4.69) is 24.3 Å². The summed E-state index contributed by atoms with van der Waals surface area (Å²) in [6, 6.07) is 9.09. The summed E-state index contributed by atoms with van der Waals surface area (Å²) in [7, 11) is 1.60. The second kappa shape index (κ2) is 7.49. The Labute approximate surface area is 130 Å². The minimum absolute atomic E-state index is 0.0575. The number of hydrogen-bond donors (Lipinski definition) is 1. The van der Waals surface area contributed by atoms with Crippen LogP contribution in [0.5, 0.6) is 11.5 Å². The molecule has 0 radical (unpaired) electrons. The number of amides is 1. The van der Waals surface area contributed by atoms with Gasteiger partial charge in [0, 0.05) is 6.07 Å². The van der Waals surface area contributed by atoms with Crippen molar-refractivity contribution in [1.82, 2.24) is 9.78 Å². The Balaban J connectivity index is 1.89. The highest BCUT2D eigenvalue weighted by molar-refractivity contribution is 5.91. The van der Waals surface area contributed by atoms with E-state index >= 15 is 0 Å². The zero-order chi connectivity index (χ0) is 15.9. The van der Waals surface area contributed by atoms with Crippen LogP contribution in [0.3, 0.4) is 0 Å². The second-order valence-corrected chi connectivity index (χ2v) is 4.93. The summed E-state index contributed by atoms with van der Waals surface area (Å²) in [4.78, 5) is 12.0. The number of hydrogen-bond acceptors (Lipinski definition) is 4. The molecule has 0 aliphatic carbocycles. The average Bonchev–Trinajstić information content (AvgIpc) is 3.00. The Morgan fingerprint density at radius 3 is 2.59 bits per heavy atom. The van der Waals surface area contributed by atoms with Crippen LogP contribution in [0.25, 0.3) is 0 Å². The van der Waals surface area contributed by atoms with Crippen molar-refractivity contribution >= 4 is 11.7 Å². The fourth-order valence-electron chi connectivity index (χ4n) is 1.94. The van der Waals surface area contributed by atoms with E-state index in [4.69, 9.17) is 9.47 Å². The van der Waals surface area contributed by atoms with E-state index in [1.54, 1.807) is 48.3 Å². The predicted octanol–water partition coefficient (Wildman–Crippen LogP) is 2.88. The molecule has 0 bridgehead atoms. The van der Waals surface area contributed by atoms with Gasteiger partial charge < -0.3 is 14.8 Å². The summed E-state index contributed by atoms with van der Waals surface area (Å²) in [6.45, 7) is 4.07. The third-order valence-electron chi connectivity index (χ3n) is 3.38. The van der Waals surface area contributed by atoms with E-state index in [1.165, 1.54) is 0 Å². The Kier molecular flexibility index (Phi) is 5.41. The number of aromatic nitrogens is 2. The van der Waals surface area contributed by atoms with Crippen molar-refractivity contribution in [2.24, 2.45) is 0 Å². The lowest BCUT2D eigenvalue weighted by atomic mass is 10.3. The van der Waals surface area contributed by atoms with Gasteiger partial charge in [0.05, 0.1) is 19.3 Å². The summed E-state index contributed by atoms with van der Waals surface area (Å²) in [5.41, 5.74) is 0. The number of carbonyl (C=O) groups is 1. The molecule has 1 amide bonds. The number of nitrogens with one attached hydrogen (secondary N) is 1. The molecule has 0 aliphatic rings. The molecule has 0 aliphatic heterocycles. The molecule has 1 unspecified atom stereocenters. The van der Waals surface area contributed by atoms with E-state index < -0.39 is 0 Å². The van der Waals surface area contributed by atoms with Crippen LogP contribution in [0.4, 0.5) is 5.82 Å². The Morgan fingerprint density at radius 1 is 1.27 bits per heavy atom. The van der Waals surface area contributed by atoms with Gasteiger partial charge in [0.15, 0.2) is 6.61 Å². The van der Waals surface area contributed by atoms with Crippen molar-refractivity contribution < 1.29 is 14.3 Å². The number of benzene rings is 1. The predicted molar refractivity (Wildman–Crippen MR) is 84.3 cm³/mol. The molecule has 2 aromatic rings. The van der Waals surface area contributed by atoms with Gasteiger partial charge in [-0.05, 0) is 37.6 Å². The number of anilines is 1. The smallest absolute Gasteiger partial charge is 0.263 e. The molecular weight excluding hydrogens is 282 g/mol. The van der Waals surface area contributed by atoms with Crippen molar-refractivity contribution in [3.63, 3.8) is 0 Å². The lowest BCUT2D eigenvalue weighted by Crippen LogP contribution is -2.22. The number of ether oxygens (including phenoxy) is 2. The second-order valence-electron chi connectivity index (χ2n) is 4.93. The van der Waals surface area contributed by atoms with E-state index in [1.807, 2.05) is 0 Å². The molecule has 0 fully saturated rings. The number of methoxy groups -OCH3 is 1. The first-order valence-electron chi connectivity index (χ1n) is 7.24. The maximum absolute atomic E-state index is 12.0. The van der Waals surface area contributed by atoms with Crippen molar-refractivity contribution in [3.8, 4) is 11.5 Å². The van der Waals surface area contributed by atoms with Crippen molar-refractivity contribution in [3.05, 3.63) is 36.5 Å². The van der Waals surface area contributed by atoms with Crippen LogP contribution in [0.15, 0.2) is 36.5 Å². The molecule has 6 nitrogen and oxygen atoms in total.